The Balaban J connectivity index is 1.64. The van der Waals surface area contributed by atoms with Crippen molar-refractivity contribution in [1.29, 1.82) is 0 Å². The second-order valence-corrected chi connectivity index (χ2v) is 8.33. The number of H-pyrrole nitrogens is 1. The molecule has 3 heterocycles. The first kappa shape index (κ1) is 20.6. The SMILES string of the molecule is Cc1nc2c(c(-c3ccn[nH]3)n1)C[C@H](C)N(C(=O)c1cccc(OC(F)(F)I)c1)C2. The quantitative estimate of drug-likeness (QED) is 0.410. The van der Waals surface area contributed by atoms with Gasteiger partial charge in [-0.05, 0) is 44.5 Å². The Morgan fingerprint density at radius 3 is 2.83 bits per heavy atom. The smallest absolute Gasteiger partial charge is 0.425 e. The Labute approximate surface area is 185 Å². The van der Waals surface area contributed by atoms with Crippen molar-refractivity contribution < 1.29 is 18.3 Å². The van der Waals surface area contributed by atoms with Gasteiger partial charge in [-0.1, -0.05) is 6.07 Å². The van der Waals surface area contributed by atoms with Crippen molar-refractivity contribution in [1.82, 2.24) is 25.1 Å². The van der Waals surface area contributed by atoms with Gasteiger partial charge in [0.05, 0.1) is 46.2 Å². The molecule has 7 nitrogen and oxygen atoms in total. The predicted molar refractivity (Wildman–Crippen MR) is 113 cm³/mol. The zero-order valence-electron chi connectivity index (χ0n) is 16.2. The van der Waals surface area contributed by atoms with Crippen LogP contribution in [0.15, 0.2) is 36.5 Å². The molecule has 0 bridgehead atoms. The van der Waals surface area contributed by atoms with Crippen LogP contribution in [0.1, 0.15) is 34.4 Å². The minimum absolute atomic E-state index is 0.0648. The van der Waals surface area contributed by atoms with E-state index in [0.717, 1.165) is 45.2 Å². The van der Waals surface area contributed by atoms with Crippen molar-refractivity contribution in [3.05, 3.63) is 59.2 Å². The molecule has 0 spiro atoms. The maximum atomic E-state index is 13.2. The lowest BCUT2D eigenvalue weighted by Gasteiger charge is -2.35. The van der Waals surface area contributed by atoms with Gasteiger partial charge in [-0.2, -0.15) is 13.9 Å². The summed E-state index contributed by atoms with van der Waals surface area (Å²) in [5, 5.41) is 6.93. The van der Waals surface area contributed by atoms with Gasteiger partial charge in [-0.15, -0.1) is 0 Å². The van der Waals surface area contributed by atoms with Crippen molar-refractivity contribution in [2.45, 2.75) is 37.0 Å². The van der Waals surface area contributed by atoms with Gasteiger partial charge in [0.15, 0.2) is 0 Å². The van der Waals surface area contributed by atoms with Crippen molar-refractivity contribution in [3.63, 3.8) is 0 Å². The van der Waals surface area contributed by atoms with Crippen LogP contribution in [0.25, 0.3) is 11.4 Å². The zero-order chi connectivity index (χ0) is 21.5. The first-order valence-corrected chi connectivity index (χ1v) is 10.3. The van der Waals surface area contributed by atoms with Crippen LogP contribution in [-0.4, -0.2) is 41.1 Å². The number of aromatic amines is 1. The van der Waals surface area contributed by atoms with E-state index in [1.165, 1.54) is 18.2 Å². The van der Waals surface area contributed by atoms with Gasteiger partial charge in [0.1, 0.15) is 11.6 Å². The molecule has 4 rings (SSSR count). The first-order valence-electron chi connectivity index (χ1n) is 9.24. The summed E-state index contributed by atoms with van der Waals surface area (Å²) in [6, 6.07) is 7.55. The number of halogens is 3. The summed E-state index contributed by atoms with van der Waals surface area (Å²) >= 11 is 0.894. The largest absolute Gasteiger partial charge is 0.451 e. The number of hydrogen-bond donors (Lipinski definition) is 1. The highest BCUT2D eigenvalue weighted by molar-refractivity contribution is 14.1. The molecule has 1 aromatic carbocycles. The fourth-order valence-electron chi connectivity index (χ4n) is 3.60. The number of carbonyl (C=O) groups excluding carboxylic acids is 1. The van der Waals surface area contributed by atoms with E-state index < -0.39 is 4.12 Å². The highest BCUT2D eigenvalue weighted by Crippen LogP contribution is 2.31. The van der Waals surface area contributed by atoms with E-state index >= 15 is 0 Å². The van der Waals surface area contributed by atoms with Gasteiger partial charge in [-0.25, -0.2) is 9.97 Å². The number of carbonyl (C=O) groups is 1. The van der Waals surface area contributed by atoms with E-state index in [1.54, 1.807) is 24.1 Å². The van der Waals surface area contributed by atoms with E-state index in [1.807, 2.05) is 13.0 Å². The monoisotopic (exact) mass is 525 g/mol. The summed E-state index contributed by atoms with van der Waals surface area (Å²) in [6.07, 6.45) is 2.23. The van der Waals surface area contributed by atoms with Crippen LogP contribution >= 0.6 is 22.6 Å². The standard InChI is InChI=1S/C20H18F2IN5O2/c1-11-8-15-17(25-12(2)26-18(15)16-6-7-24-27-16)10-28(11)19(29)13-4-3-5-14(9-13)30-20(21,22)23/h3-7,9,11H,8,10H2,1-2H3,(H,24,27)/t11-/m0/s1. The molecular formula is C20H18F2IN5O2. The number of aryl methyl sites for hydroxylation is 1. The summed E-state index contributed by atoms with van der Waals surface area (Å²) in [7, 11) is 0. The zero-order valence-corrected chi connectivity index (χ0v) is 18.4. The fraction of sp³-hybridized carbons (Fsp3) is 0.300. The van der Waals surface area contributed by atoms with Gasteiger partial charge >= 0.3 is 4.12 Å². The lowest BCUT2D eigenvalue weighted by molar-refractivity contribution is -0.0692. The first-order chi connectivity index (χ1) is 14.2. The summed E-state index contributed by atoms with van der Waals surface area (Å²) in [5.41, 5.74) is 3.61. The minimum Gasteiger partial charge on any atom is -0.425 e. The third-order valence-corrected chi connectivity index (χ3v) is 5.11. The summed E-state index contributed by atoms with van der Waals surface area (Å²) < 4.78 is 27.6. The van der Waals surface area contributed by atoms with Crippen LogP contribution in [0.4, 0.5) is 8.78 Å². The number of ether oxygens (including phenoxy) is 1. The molecule has 0 fully saturated rings. The van der Waals surface area contributed by atoms with E-state index in [-0.39, 0.29) is 23.3 Å². The molecule has 0 saturated carbocycles. The average Bonchev–Trinajstić information content (AvgIpc) is 3.20. The highest BCUT2D eigenvalue weighted by atomic mass is 127. The molecule has 1 atom stereocenters. The van der Waals surface area contributed by atoms with Crippen LogP contribution in [0.3, 0.4) is 0 Å². The van der Waals surface area contributed by atoms with Crippen LogP contribution in [0, 0.1) is 6.92 Å². The summed E-state index contributed by atoms with van der Waals surface area (Å²) in [5.74, 6) is 0.264. The minimum atomic E-state index is -3.35. The summed E-state index contributed by atoms with van der Waals surface area (Å²) in [4.78, 5) is 24.0. The predicted octanol–water partition coefficient (Wildman–Crippen LogP) is 4.13. The lowest BCUT2D eigenvalue weighted by atomic mass is 9.95. The van der Waals surface area contributed by atoms with E-state index in [2.05, 4.69) is 24.9 Å². The van der Waals surface area contributed by atoms with Gasteiger partial charge in [0, 0.05) is 23.4 Å². The number of fused-ring (bicyclic) bond motifs is 1. The third kappa shape index (κ3) is 4.27. The Morgan fingerprint density at radius 1 is 1.33 bits per heavy atom. The fourth-order valence-corrected chi connectivity index (χ4v) is 3.85. The Bertz CT molecular complexity index is 1090. The van der Waals surface area contributed by atoms with Crippen molar-refractivity contribution in [2.75, 3.05) is 0 Å². The number of nitrogens with zero attached hydrogens (tertiary/aromatic N) is 4. The number of hydrogen-bond acceptors (Lipinski definition) is 5. The van der Waals surface area contributed by atoms with Gasteiger partial charge in [-0.3, -0.25) is 9.89 Å². The number of rotatable bonds is 4. The molecule has 0 aliphatic carbocycles. The molecule has 2 aromatic heterocycles. The number of nitrogens with one attached hydrogen (secondary N) is 1. The molecule has 1 aliphatic rings. The molecule has 3 aromatic rings. The Kier molecular flexibility index (Phi) is 5.43. The number of benzene rings is 1. The summed E-state index contributed by atoms with van der Waals surface area (Å²) in [6.45, 7) is 4.04. The Morgan fingerprint density at radius 2 is 2.13 bits per heavy atom. The molecule has 0 radical (unpaired) electrons. The van der Waals surface area contributed by atoms with Crippen molar-refractivity contribution in [2.24, 2.45) is 0 Å². The average molecular weight is 525 g/mol. The second kappa shape index (κ2) is 7.89. The van der Waals surface area contributed by atoms with E-state index in [0.29, 0.717) is 18.8 Å². The maximum Gasteiger partial charge on any atom is 0.451 e. The molecule has 10 heteroatoms. The topological polar surface area (TPSA) is 84.0 Å². The molecule has 156 valence electrons. The molecule has 30 heavy (non-hydrogen) atoms. The number of amides is 1. The van der Waals surface area contributed by atoms with Crippen LogP contribution in [-0.2, 0) is 13.0 Å². The molecule has 1 N–H and O–H groups in total. The van der Waals surface area contributed by atoms with Gasteiger partial charge in [0.2, 0.25) is 0 Å². The van der Waals surface area contributed by atoms with Crippen LogP contribution in [0.5, 0.6) is 5.75 Å². The normalized spacial score (nSPS) is 16.3. The van der Waals surface area contributed by atoms with Crippen LogP contribution in [0.2, 0.25) is 0 Å². The maximum absolute atomic E-state index is 13.2. The third-order valence-electron chi connectivity index (χ3n) is 4.89. The number of aromatic nitrogens is 4. The van der Waals surface area contributed by atoms with Gasteiger partial charge in [0.25, 0.3) is 5.91 Å². The second-order valence-electron chi connectivity index (χ2n) is 7.08. The van der Waals surface area contributed by atoms with E-state index in [4.69, 9.17) is 0 Å². The van der Waals surface area contributed by atoms with Crippen LogP contribution < -0.4 is 4.74 Å². The molecule has 1 amide bonds. The van der Waals surface area contributed by atoms with Crippen molar-refractivity contribution in [3.8, 4) is 17.1 Å². The molecular weight excluding hydrogens is 507 g/mol. The van der Waals surface area contributed by atoms with E-state index in [9.17, 15) is 13.6 Å². The molecule has 1 aliphatic heterocycles. The molecule has 0 unspecified atom stereocenters. The molecule has 0 saturated heterocycles. The lowest BCUT2D eigenvalue weighted by Crippen LogP contribution is -2.43. The highest BCUT2D eigenvalue weighted by Gasteiger charge is 2.32. The number of alkyl halides is 3. The van der Waals surface area contributed by atoms with Crippen molar-refractivity contribution >= 4 is 28.5 Å². The van der Waals surface area contributed by atoms with Gasteiger partial charge < -0.3 is 9.64 Å². The Hall–Kier alpha value is -2.63.